The number of ether oxygens (including phenoxy) is 1. The molecule has 0 saturated carbocycles. The fourth-order valence-corrected chi connectivity index (χ4v) is 4.59. The number of amides is 1. The number of anilines is 1. The van der Waals surface area contributed by atoms with Crippen molar-refractivity contribution in [1.82, 2.24) is 14.5 Å². The molecule has 4 rings (SSSR count). The minimum Gasteiger partial charge on any atom is -0.465 e. The van der Waals surface area contributed by atoms with Gasteiger partial charge >= 0.3 is 5.97 Å². The molecule has 1 aliphatic heterocycles. The second-order valence-electron chi connectivity index (χ2n) is 7.93. The summed E-state index contributed by atoms with van der Waals surface area (Å²) in [5.74, 6) is 0.618. The van der Waals surface area contributed by atoms with Crippen molar-refractivity contribution in [3.63, 3.8) is 0 Å². The average molecular weight is 396 g/mol. The number of aryl methyl sites for hydroxylation is 2. The van der Waals surface area contributed by atoms with Gasteiger partial charge < -0.3 is 14.6 Å². The maximum atomic E-state index is 12.5. The van der Waals surface area contributed by atoms with Crippen molar-refractivity contribution in [3.8, 4) is 0 Å². The van der Waals surface area contributed by atoms with Gasteiger partial charge in [0.25, 0.3) is 0 Å². The molecule has 0 radical (unpaired) electrons. The number of carbonyl (C=O) groups is 2. The quantitative estimate of drug-likeness (QED) is 0.787. The Hall–Kier alpha value is -2.67. The van der Waals surface area contributed by atoms with E-state index in [2.05, 4.69) is 21.7 Å². The Kier molecular flexibility index (Phi) is 5.67. The lowest BCUT2D eigenvalue weighted by Gasteiger charge is -2.21. The molecule has 154 valence electrons. The number of benzene rings is 1. The van der Waals surface area contributed by atoms with Crippen LogP contribution >= 0.6 is 0 Å². The fourth-order valence-electron chi connectivity index (χ4n) is 4.59. The number of esters is 1. The van der Waals surface area contributed by atoms with Crippen LogP contribution in [0, 0.1) is 6.92 Å². The van der Waals surface area contributed by atoms with E-state index in [1.54, 1.807) is 24.3 Å². The zero-order valence-corrected chi connectivity index (χ0v) is 17.1. The molecule has 1 aromatic carbocycles. The first kappa shape index (κ1) is 19.6. The number of imidazole rings is 1. The molecule has 7 nitrogen and oxygen atoms in total. The Labute approximate surface area is 171 Å². The number of hydrogen-bond acceptors (Lipinski definition) is 5. The van der Waals surface area contributed by atoms with Crippen LogP contribution in [0.15, 0.2) is 24.3 Å². The molecule has 2 aliphatic rings. The van der Waals surface area contributed by atoms with Gasteiger partial charge in [-0.3, -0.25) is 9.69 Å². The predicted octanol–water partition coefficient (Wildman–Crippen LogP) is 2.74. The first-order valence-corrected chi connectivity index (χ1v) is 10.3. The highest BCUT2D eigenvalue weighted by molar-refractivity contribution is 5.95. The molecule has 1 fully saturated rings. The van der Waals surface area contributed by atoms with Crippen molar-refractivity contribution in [2.75, 3.05) is 32.1 Å². The van der Waals surface area contributed by atoms with E-state index in [0.29, 0.717) is 23.8 Å². The Morgan fingerprint density at radius 3 is 2.93 bits per heavy atom. The molecule has 29 heavy (non-hydrogen) atoms. The fraction of sp³-hybridized carbons (Fsp3) is 0.500. The van der Waals surface area contributed by atoms with E-state index in [1.807, 2.05) is 0 Å². The minimum absolute atomic E-state index is 0.0722. The Morgan fingerprint density at radius 2 is 2.10 bits per heavy atom. The summed E-state index contributed by atoms with van der Waals surface area (Å²) in [5.41, 5.74) is 3.71. The standard InChI is InChI=1S/C22H28N4O3/c1-15-23-19-8-3-4-9-20(19)26(15)18-10-11-25(13-18)14-21(27)24-17-7-5-6-16(12-17)22(28)29-2/h5-7,12,18H,3-4,8-11,13-14H2,1-2H3,(H,24,27). The van der Waals surface area contributed by atoms with Crippen LogP contribution in [0.1, 0.15) is 52.9 Å². The molecular weight excluding hydrogens is 368 g/mol. The molecule has 0 bridgehead atoms. The highest BCUT2D eigenvalue weighted by Gasteiger charge is 2.29. The van der Waals surface area contributed by atoms with E-state index < -0.39 is 5.97 Å². The lowest BCUT2D eigenvalue weighted by molar-refractivity contribution is -0.117. The number of likely N-dealkylation sites (tertiary alicyclic amines) is 1. The Morgan fingerprint density at radius 1 is 1.28 bits per heavy atom. The minimum atomic E-state index is -0.414. The second-order valence-corrected chi connectivity index (χ2v) is 7.93. The first-order chi connectivity index (χ1) is 14.0. The van der Waals surface area contributed by atoms with Gasteiger partial charge in [0.05, 0.1) is 24.9 Å². The van der Waals surface area contributed by atoms with Gasteiger partial charge in [0.15, 0.2) is 0 Å². The highest BCUT2D eigenvalue weighted by atomic mass is 16.5. The van der Waals surface area contributed by atoms with Gasteiger partial charge in [0.1, 0.15) is 5.82 Å². The summed E-state index contributed by atoms with van der Waals surface area (Å²) in [6.07, 6.45) is 5.71. The van der Waals surface area contributed by atoms with Crippen LogP contribution in [-0.2, 0) is 22.4 Å². The van der Waals surface area contributed by atoms with E-state index in [-0.39, 0.29) is 5.91 Å². The van der Waals surface area contributed by atoms with E-state index in [1.165, 1.54) is 31.3 Å². The maximum Gasteiger partial charge on any atom is 0.337 e. The van der Waals surface area contributed by atoms with Gasteiger partial charge in [0, 0.05) is 30.5 Å². The maximum absolute atomic E-state index is 12.5. The van der Waals surface area contributed by atoms with E-state index in [9.17, 15) is 9.59 Å². The normalized spacial score (nSPS) is 19.0. The lowest BCUT2D eigenvalue weighted by atomic mass is 10.0. The number of rotatable bonds is 5. The van der Waals surface area contributed by atoms with Crippen LogP contribution in [0.4, 0.5) is 5.69 Å². The van der Waals surface area contributed by atoms with Crippen LogP contribution in [0.5, 0.6) is 0 Å². The number of methoxy groups -OCH3 is 1. The smallest absolute Gasteiger partial charge is 0.337 e. The highest BCUT2D eigenvalue weighted by Crippen LogP contribution is 2.30. The van der Waals surface area contributed by atoms with Gasteiger partial charge in [-0.15, -0.1) is 0 Å². The molecule has 1 aliphatic carbocycles. The van der Waals surface area contributed by atoms with Crippen molar-refractivity contribution in [3.05, 3.63) is 47.0 Å². The summed E-state index contributed by atoms with van der Waals surface area (Å²) < 4.78 is 7.16. The molecule has 1 saturated heterocycles. The van der Waals surface area contributed by atoms with Gasteiger partial charge in [-0.2, -0.15) is 0 Å². The van der Waals surface area contributed by atoms with Crippen molar-refractivity contribution in [1.29, 1.82) is 0 Å². The number of hydrogen-bond donors (Lipinski definition) is 1. The number of nitrogens with zero attached hydrogens (tertiary/aromatic N) is 3. The largest absolute Gasteiger partial charge is 0.465 e. The van der Waals surface area contributed by atoms with Gasteiger partial charge in [-0.1, -0.05) is 6.07 Å². The van der Waals surface area contributed by atoms with E-state index in [4.69, 9.17) is 9.72 Å². The molecule has 1 aromatic heterocycles. The summed E-state index contributed by atoms with van der Waals surface area (Å²) >= 11 is 0. The molecule has 1 amide bonds. The molecular formula is C22H28N4O3. The summed E-state index contributed by atoms with van der Waals surface area (Å²) in [7, 11) is 1.34. The summed E-state index contributed by atoms with van der Waals surface area (Å²) in [6, 6.07) is 7.20. The van der Waals surface area contributed by atoms with Crippen molar-refractivity contribution >= 4 is 17.6 Å². The van der Waals surface area contributed by atoms with E-state index >= 15 is 0 Å². The van der Waals surface area contributed by atoms with Crippen LogP contribution in [-0.4, -0.2) is 53.1 Å². The molecule has 2 aromatic rings. The molecule has 1 unspecified atom stereocenters. The molecule has 1 atom stereocenters. The van der Waals surface area contributed by atoms with Crippen LogP contribution in [0.3, 0.4) is 0 Å². The Bertz CT molecular complexity index is 921. The SMILES string of the molecule is COC(=O)c1cccc(NC(=O)CN2CCC(n3c(C)nc4c3CCCC4)C2)c1. The third-order valence-corrected chi connectivity index (χ3v) is 5.89. The van der Waals surface area contributed by atoms with Crippen LogP contribution in [0.25, 0.3) is 0 Å². The molecule has 2 heterocycles. The average Bonchev–Trinajstić information content (AvgIpc) is 3.30. The predicted molar refractivity (Wildman–Crippen MR) is 110 cm³/mol. The third kappa shape index (κ3) is 4.19. The van der Waals surface area contributed by atoms with Gasteiger partial charge in [0.2, 0.25) is 5.91 Å². The first-order valence-electron chi connectivity index (χ1n) is 10.3. The van der Waals surface area contributed by atoms with Gasteiger partial charge in [-0.05, 0) is 57.2 Å². The molecule has 0 spiro atoms. The molecule has 1 N–H and O–H groups in total. The summed E-state index contributed by atoms with van der Waals surface area (Å²) in [4.78, 5) is 31.2. The van der Waals surface area contributed by atoms with Crippen molar-refractivity contribution < 1.29 is 14.3 Å². The van der Waals surface area contributed by atoms with Crippen molar-refractivity contribution in [2.45, 2.75) is 45.1 Å². The van der Waals surface area contributed by atoms with E-state index in [0.717, 1.165) is 38.2 Å². The zero-order chi connectivity index (χ0) is 20.4. The molecule has 7 heteroatoms. The third-order valence-electron chi connectivity index (χ3n) is 5.89. The number of aromatic nitrogens is 2. The van der Waals surface area contributed by atoms with Crippen LogP contribution in [0.2, 0.25) is 0 Å². The van der Waals surface area contributed by atoms with Crippen LogP contribution < -0.4 is 5.32 Å². The lowest BCUT2D eigenvalue weighted by Crippen LogP contribution is -2.32. The Balaban J connectivity index is 1.37. The zero-order valence-electron chi connectivity index (χ0n) is 17.1. The second kappa shape index (κ2) is 8.37. The topological polar surface area (TPSA) is 76.5 Å². The summed E-state index contributed by atoms with van der Waals surface area (Å²) in [6.45, 7) is 4.20. The van der Waals surface area contributed by atoms with Crippen molar-refractivity contribution in [2.24, 2.45) is 0 Å². The number of fused-ring (bicyclic) bond motifs is 1. The summed E-state index contributed by atoms with van der Waals surface area (Å²) in [5, 5.41) is 2.89. The number of nitrogens with one attached hydrogen (secondary N) is 1. The number of carbonyl (C=O) groups excluding carboxylic acids is 2. The van der Waals surface area contributed by atoms with Gasteiger partial charge in [-0.25, -0.2) is 9.78 Å². The monoisotopic (exact) mass is 396 g/mol.